The van der Waals surface area contributed by atoms with Gasteiger partial charge in [-0.1, -0.05) is 42.7 Å². The van der Waals surface area contributed by atoms with E-state index in [9.17, 15) is 9.59 Å². The number of rotatable bonds is 6. The Balaban J connectivity index is 1.76. The van der Waals surface area contributed by atoms with Gasteiger partial charge in [-0.25, -0.2) is 0 Å². The van der Waals surface area contributed by atoms with E-state index in [-0.39, 0.29) is 11.8 Å². The van der Waals surface area contributed by atoms with Crippen LogP contribution in [0, 0.1) is 6.92 Å². The molecule has 0 radical (unpaired) electrons. The van der Waals surface area contributed by atoms with E-state index in [1.54, 1.807) is 6.92 Å². The second-order valence-corrected chi connectivity index (χ2v) is 6.16. The molecule has 22 heavy (non-hydrogen) atoms. The molecule has 0 atom stereocenters. The van der Waals surface area contributed by atoms with E-state index in [1.807, 2.05) is 36.1 Å². The third-order valence-corrected chi connectivity index (χ3v) is 4.36. The summed E-state index contributed by atoms with van der Waals surface area (Å²) in [5.74, 6) is 0.0862. The normalized spacial score (nSPS) is 14.8. The number of aryl methyl sites for hydroxylation is 1. The van der Waals surface area contributed by atoms with E-state index in [4.69, 9.17) is 0 Å². The summed E-state index contributed by atoms with van der Waals surface area (Å²) < 4.78 is 0. The van der Waals surface area contributed by atoms with Crippen LogP contribution in [0.3, 0.4) is 0 Å². The monoisotopic (exact) mass is 302 g/mol. The van der Waals surface area contributed by atoms with Crippen molar-refractivity contribution in [3.8, 4) is 0 Å². The molecular formula is C18H26N2O2. The standard InChI is InChI=1S/C18H26N2O2/c1-14-7-9-16(10-8-14)13-19-18(22)11-12-20(15(2)21)17-5-3-4-6-17/h7-10,17H,3-6,11-13H2,1-2H3,(H,19,22). The van der Waals surface area contributed by atoms with Crippen molar-refractivity contribution >= 4 is 11.8 Å². The van der Waals surface area contributed by atoms with Crippen molar-refractivity contribution in [2.75, 3.05) is 6.54 Å². The van der Waals surface area contributed by atoms with Crippen molar-refractivity contribution in [3.63, 3.8) is 0 Å². The molecule has 4 nitrogen and oxygen atoms in total. The number of nitrogens with zero attached hydrogens (tertiary/aromatic N) is 1. The molecule has 120 valence electrons. The zero-order chi connectivity index (χ0) is 15.9. The fourth-order valence-electron chi connectivity index (χ4n) is 3.03. The van der Waals surface area contributed by atoms with Crippen LogP contribution in [0.5, 0.6) is 0 Å². The van der Waals surface area contributed by atoms with Crippen LogP contribution in [0.25, 0.3) is 0 Å². The highest BCUT2D eigenvalue weighted by Crippen LogP contribution is 2.23. The average molecular weight is 302 g/mol. The predicted octanol–water partition coefficient (Wildman–Crippen LogP) is 2.79. The summed E-state index contributed by atoms with van der Waals surface area (Å²) in [5, 5.41) is 2.93. The second-order valence-electron chi connectivity index (χ2n) is 6.16. The summed E-state index contributed by atoms with van der Waals surface area (Å²) in [7, 11) is 0. The predicted molar refractivity (Wildman–Crippen MR) is 87.3 cm³/mol. The minimum Gasteiger partial charge on any atom is -0.352 e. The number of carbonyl (C=O) groups excluding carboxylic acids is 2. The number of benzene rings is 1. The maximum absolute atomic E-state index is 12.0. The highest BCUT2D eigenvalue weighted by Gasteiger charge is 2.24. The van der Waals surface area contributed by atoms with Crippen LogP contribution < -0.4 is 5.32 Å². The Hall–Kier alpha value is -1.84. The molecule has 1 aliphatic rings. The summed E-state index contributed by atoms with van der Waals surface area (Å²) in [6.45, 7) is 4.71. The lowest BCUT2D eigenvalue weighted by Gasteiger charge is -2.27. The van der Waals surface area contributed by atoms with Gasteiger partial charge in [0.2, 0.25) is 11.8 Å². The van der Waals surface area contributed by atoms with Gasteiger partial charge >= 0.3 is 0 Å². The van der Waals surface area contributed by atoms with Gasteiger partial charge in [0, 0.05) is 32.5 Å². The summed E-state index contributed by atoms with van der Waals surface area (Å²) in [4.78, 5) is 25.6. The molecule has 4 heteroatoms. The summed E-state index contributed by atoms with van der Waals surface area (Å²) in [5.41, 5.74) is 2.31. The van der Waals surface area contributed by atoms with Crippen LogP contribution >= 0.6 is 0 Å². The molecule has 0 spiro atoms. The molecule has 0 heterocycles. The third-order valence-electron chi connectivity index (χ3n) is 4.36. The number of carbonyl (C=O) groups is 2. The van der Waals surface area contributed by atoms with Gasteiger partial charge in [-0.3, -0.25) is 9.59 Å². The molecule has 0 aliphatic heterocycles. The number of nitrogens with one attached hydrogen (secondary N) is 1. The first kappa shape index (κ1) is 16.5. The van der Waals surface area contributed by atoms with E-state index < -0.39 is 0 Å². The third kappa shape index (κ3) is 4.86. The van der Waals surface area contributed by atoms with Gasteiger partial charge in [0.1, 0.15) is 0 Å². The van der Waals surface area contributed by atoms with Crippen molar-refractivity contribution in [2.45, 2.75) is 58.5 Å². The van der Waals surface area contributed by atoms with Crippen molar-refractivity contribution in [3.05, 3.63) is 35.4 Å². The number of hydrogen-bond donors (Lipinski definition) is 1. The molecule has 2 amide bonds. The van der Waals surface area contributed by atoms with Gasteiger partial charge in [-0.05, 0) is 25.3 Å². The van der Waals surface area contributed by atoms with Crippen LogP contribution in [-0.4, -0.2) is 29.3 Å². The van der Waals surface area contributed by atoms with Gasteiger partial charge in [-0.2, -0.15) is 0 Å². The Morgan fingerprint density at radius 2 is 1.82 bits per heavy atom. The zero-order valence-electron chi connectivity index (χ0n) is 13.6. The molecule has 1 aliphatic carbocycles. The Morgan fingerprint density at radius 3 is 2.41 bits per heavy atom. The van der Waals surface area contributed by atoms with Crippen molar-refractivity contribution in [2.24, 2.45) is 0 Å². The molecule has 0 saturated heterocycles. The van der Waals surface area contributed by atoms with Gasteiger partial charge in [-0.15, -0.1) is 0 Å². The fourth-order valence-corrected chi connectivity index (χ4v) is 3.03. The first-order valence-corrected chi connectivity index (χ1v) is 8.15. The molecule has 1 fully saturated rings. The van der Waals surface area contributed by atoms with Crippen molar-refractivity contribution in [1.29, 1.82) is 0 Å². The number of amides is 2. The Morgan fingerprint density at radius 1 is 1.18 bits per heavy atom. The van der Waals surface area contributed by atoms with Crippen LogP contribution in [0.4, 0.5) is 0 Å². The minimum absolute atomic E-state index is 0.00446. The highest BCUT2D eigenvalue weighted by molar-refractivity contribution is 5.78. The van der Waals surface area contributed by atoms with Crippen molar-refractivity contribution in [1.82, 2.24) is 10.2 Å². The first-order valence-electron chi connectivity index (χ1n) is 8.15. The lowest BCUT2D eigenvalue weighted by Crippen LogP contribution is -2.39. The molecule has 1 saturated carbocycles. The van der Waals surface area contributed by atoms with Crippen LogP contribution in [0.15, 0.2) is 24.3 Å². The van der Waals surface area contributed by atoms with Crippen LogP contribution in [-0.2, 0) is 16.1 Å². The number of hydrogen-bond acceptors (Lipinski definition) is 2. The summed E-state index contributed by atoms with van der Waals surface area (Å²) >= 11 is 0. The van der Waals surface area contributed by atoms with Gasteiger partial charge in [0.25, 0.3) is 0 Å². The topological polar surface area (TPSA) is 49.4 Å². The van der Waals surface area contributed by atoms with Crippen LogP contribution in [0.1, 0.15) is 50.2 Å². The van der Waals surface area contributed by atoms with E-state index in [1.165, 1.54) is 18.4 Å². The average Bonchev–Trinajstić information content (AvgIpc) is 3.00. The molecule has 2 rings (SSSR count). The maximum atomic E-state index is 12.0. The molecule has 1 aromatic rings. The molecule has 1 aromatic carbocycles. The quantitative estimate of drug-likeness (QED) is 0.878. The molecule has 0 aromatic heterocycles. The Bertz CT molecular complexity index is 504. The largest absolute Gasteiger partial charge is 0.352 e. The fraction of sp³-hybridized carbons (Fsp3) is 0.556. The Kier molecular flexibility index (Phi) is 5.99. The molecule has 0 bridgehead atoms. The minimum atomic E-state index is 0.00446. The lowest BCUT2D eigenvalue weighted by molar-refractivity contribution is -0.131. The van der Waals surface area contributed by atoms with Gasteiger partial charge < -0.3 is 10.2 Å². The lowest BCUT2D eigenvalue weighted by atomic mass is 10.1. The molecular weight excluding hydrogens is 276 g/mol. The maximum Gasteiger partial charge on any atom is 0.222 e. The van der Waals surface area contributed by atoms with Gasteiger partial charge in [0.15, 0.2) is 0 Å². The molecule has 1 N–H and O–H groups in total. The zero-order valence-corrected chi connectivity index (χ0v) is 13.6. The highest BCUT2D eigenvalue weighted by atomic mass is 16.2. The van der Waals surface area contributed by atoms with Gasteiger partial charge in [0.05, 0.1) is 0 Å². The van der Waals surface area contributed by atoms with Crippen LogP contribution in [0.2, 0.25) is 0 Å². The van der Waals surface area contributed by atoms with E-state index in [2.05, 4.69) is 5.32 Å². The summed E-state index contributed by atoms with van der Waals surface area (Å²) in [6, 6.07) is 8.46. The smallest absolute Gasteiger partial charge is 0.222 e. The summed E-state index contributed by atoms with van der Waals surface area (Å²) in [6.07, 6.45) is 4.90. The van der Waals surface area contributed by atoms with E-state index in [0.29, 0.717) is 25.6 Å². The first-order chi connectivity index (χ1) is 10.6. The van der Waals surface area contributed by atoms with Crippen molar-refractivity contribution < 1.29 is 9.59 Å². The second kappa shape index (κ2) is 7.97. The Labute approximate surface area is 132 Å². The SMILES string of the molecule is CC(=O)N(CCC(=O)NCc1ccc(C)cc1)C1CCCC1. The van der Waals surface area contributed by atoms with E-state index in [0.717, 1.165) is 18.4 Å². The molecule has 0 unspecified atom stereocenters. The van der Waals surface area contributed by atoms with E-state index >= 15 is 0 Å².